The lowest BCUT2D eigenvalue weighted by molar-refractivity contribution is -0.138. The minimum atomic E-state index is -4.48. The number of halogens is 3. The van der Waals surface area contributed by atoms with E-state index in [1.165, 1.54) is 30.5 Å². The summed E-state index contributed by atoms with van der Waals surface area (Å²) in [5, 5.41) is 5.28. The number of carbonyl (C=O) groups is 2. The first-order valence-corrected chi connectivity index (χ1v) is 9.26. The minimum absolute atomic E-state index is 0.0428. The topological polar surface area (TPSA) is 58.2 Å². The van der Waals surface area contributed by atoms with E-state index >= 15 is 0 Å². The molecule has 27 heavy (non-hydrogen) atoms. The van der Waals surface area contributed by atoms with Crippen molar-refractivity contribution in [2.75, 3.05) is 11.9 Å². The van der Waals surface area contributed by atoms with Crippen LogP contribution in [0, 0.1) is 5.41 Å². The predicted molar refractivity (Wildman–Crippen MR) is 95.9 cm³/mol. The van der Waals surface area contributed by atoms with E-state index in [0.29, 0.717) is 19.4 Å². The quantitative estimate of drug-likeness (QED) is 0.567. The molecule has 0 spiro atoms. The maximum Gasteiger partial charge on any atom is 0.416 e. The summed E-state index contributed by atoms with van der Waals surface area (Å²) in [6.07, 6.45) is 3.82. The van der Waals surface area contributed by atoms with Gasteiger partial charge in [-0.2, -0.15) is 13.2 Å². The van der Waals surface area contributed by atoms with Gasteiger partial charge >= 0.3 is 6.18 Å². The zero-order valence-corrected chi connectivity index (χ0v) is 15.0. The molecule has 0 atom stereocenters. The molecule has 1 aromatic carbocycles. The summed E-state index contributed by atoms with van der Waals surface area (Å²) in [5.41, 5.74) is -0.619. The van der Waals surface area contributed by atoms with E-state index in [9.17, 15) is 22.8 Å². The van der Waals surface area contributed by atoms with Crippen LogP contribution in [-0.4, -0.2) is 18.4 Å². The summed E-state index contributed by atoms with van der Waals surface area (Å²) in [6, 6.07) is 4.43. The fraction of sp³-hybridized carbons (Fsp3) is 0.500. The Morgan fingerprint density at radius 3 is 2.52 bits per heavy atom. The Balaban J connectivity index is 1.56. The van der Waals surface area contributed by atoms with Gasteiger partial charge in [0.1, 0.15) is 5.41 Å². The number of amides is 2. The number of allylic oxidation sites excluding steroid dienone is 1. The molecule has 0 unspecified atom stereocenters. The highest BCUT2D eigenvalue weighted by atomic mass is 19.4. The minimum Gasteiger partial charge on any atom is -0.355 e. The van der Waals surface area contributed by atoms with Crippen LogP contribution >= 0.6 is 0 Å². The highest BCUT2D eigenvalue weighted by Gasteiger charge is 2.56. The molecule has 0 aliphatic heterocycles. The van der Waals surface area contributed by atoms with Crippen molar-refractivity contribution in [2.45, 2.75) is 51.1 Å². The zero-order chi connectivity index (χ0) is 19.5. The van der Waals surface area contributed by atoms with E-state index in [-0.39, 0.29) is 11.6 Å². The van der Waals surface area contributed by atoms with Gasteiger partial charge in [0, 0.05) is 12.2 Å². The Morgan fingerprint density at radius 1 is 1.11 bits per heavy atom. The molecule has 7 heteroatoms. The third-order valence-corrected chi connectivity index (χ3v) is 5.18. The van der Waals surface area contributed by atoms with Crippen molar-refractivity contribution in [3.8, 4) is 0 Å². The number of carbonyl (C=O) groups excluding carboxylic acids is 2. The molecule has 146 valence electrons. The van der Waals surface area contributed by atoms with Crippen molar-refractivity contribution >= 4 is 17.5 Å². The third kappa shape index (κ3) is 4.70. The average Bonchev–Trinajstić information content (AvgIpc) is 3.44. The molecular formula is C20H23F3N2O2. The van der Waals surface area contributed by atoms with Gasteiger partial charge in [-0.15, -0.1) is 0 Å². The van der Waals surface area contributed by atoms with Gasteiger partial charge in [0.15, 0.2) is 0 Å². The fourth-order valence-electron chi connectivity index (χ4n) is 3.34. The van der Waals surface area contributed by atoms with Crippen molar-refractivity contribution in [3.05, 3.63) is 41.5 Å². The monoisotopic (exact) mass is 380 g/mol. The Hall–Kier alpha value is -2.31. The number of hydrogen-bond acceptors (Lipinski definition) is 2. The SMILES string of the molecule is O=C(NCCC1=CCCCC1)C1(C(=O)Nc2cccc(C(F)(F)F)c2)CC1. The van der Waals surface area contributed by atoms with Crippen molar-refractivity contribution in [2.24, 2.45) is 5.41 Å². The van der Waals surface area contributed by atoms with Crippen LogP contribution in [-0.2, 0) is 15.8 Å². The summed E-state index contributed by atoms with van der Waals surface area (Å²) in [4.78, 5) is 25.0. The molecule has 0 saturated heterocycles. The van der Waals surface area contributed by atoms with Gasteiger partial charge in [0.05, 0.1) is 5.56 Å². The van der Waals surface area contributed by atoms with E-state index in [0.717, 1.165) is 31.4 Å². The standard InChI is InChI=1S/C20H23F3N2O2/c21-20(22,23)15-7-4-8-16(13-15)25-18(27)19(10-11-19)17(26)24-12-9-14-5-2-1-3-6-14/h4-5,7-8,13H,1-3,6,9-12H2,(H,24,26)(H,25,27). The summed E-state index contributed by atoms with van der Waals surface area (Å²) in [7, 11) is 0. The number of alkyl halides is 3. The molecule has 0 heterocycles. The molecule has 2 aliphatic rings. The lowest BCUT2D eigenvalue weighted by atomic mass is 9.97. The number of nitrogens with one attached hydrogen (secondary N) is 2. The van der Waals surface area contributed by atoms with E-state index in [2.05, 4.69) is 16.7 Å². The van der Waals surface area contributed by atoms with Crippen LogP contribution in [0.4, 0.5) is 18.9 Å². The van der Waals surface area contributed by atoms with Gasteiger partial charge in [0.25, 0.3) is 0 Å². The average molecular weight is 380 g/mol. The zero-order valence-electron chi connectivity index (χ0n) is 15.0. The second-order valence-electron chi connectivity index (χ2n) is 7.23. The van der Waals surface area contributed by atoms with Crippen molar-refractivity contribution in [3.63, 3.8) is 0 Å². The molecule has 2 aliphatic carbocycles. The van der Waals surface area contributed by atoms with Crippen molar-refractivity contribution in [1.29, 1.82) is 0 Å². The van der Waals surface area contributed by atoms with E-state index < -0.39 is 23.1 Å². The highest BCUT2D eigenvalue weighted by Crippen LogP contribution is 2.47. The Labute approximate surface area is 156 Å². The van der Waals surface area contributed by atoms with E-state index in [1.807, 2.05) is 0 Å². The van der Waals surface area contributed by atoms with E-state index in [1.54, 1.807) is 0 Å². The molecule has 0 radical (unpaired) electrons. The van der Waals surface area contributed by atoms with Crippen molar-refractivity contribution < 1.29 is 22.8 Å². The smallest absolute Gasteiger partial charge is 0.355 e. The molecule has 3 rings (SSSR count). The van der Waals surface area contributed by atoms with Gasteiger partial charge in [-0.1, -0.05) is 17.7 Å². The van der Waals surface area contributed by atoms with E-state index in [4.69, 9.17) is 0 Å². The highest BCUT2D eigenvalue weighted by molar-refractivity contribution is 6.13. The number of benzene rings is 1. The normalized spacial score (nSPS) is 18.4. The Kier molecular flexibility index (Phi) is 5.58. The third-order valence-electron chi connectivity index (χ3n) is 5.18. The lowest BCUT2D eigenvalue weighted by Gasteiger charge is -2.17. The van der Waals surface area contributed by atoms with Crippen LogP contribution in [0.1, 0.15) is 50.5 Å². The molecule has 4 nitrogen and oxygen atoms in total. The largest absolute Gasteiger partial charge is 0.416 e. The van der Waals surface area contributed by atoms with Gasteiger partial charge in [-0.25, -0.2) is 0 Å². The van der Waals surface area contributed by atoms with Crippen LogP contribution < -0.4 is 10.6 Å². The second kappa shape index (κ2) is 7.74. The summed E-state index contributed by atoms with van der Waals surface area (Å²) in [5.74, 6) is -0.889. The predicted octanol–water partition coefficient (Wildman–Crippen LogP) is 4.43. The molecule has 0 bridgehead atoms. The molecule has 2 N–H and O–H groups in total. The Morgan fingerprint density at radius 2 is 1.89 bits per heavy atom. The van der Waals surface area contributed by atoms with Gasteiger partial charge in [-0.3, -0.25) is 9.59 Å². The van der Waals surface area contributed by atoms with Crippen molar-refractivity contribution in [1.82, 2.24) is 5.32 Å². The first-order valence-electron chi connectivity index (χ1n) is 9.26. The molecule has 2 amide bonds. The first kappa shape index (κ1) is 19.5. The molecular weight excluding hydrogens is 357 g/mol. The first-order chi connectivity index (χ1) is 12.8. The summed E-state index contributed by atoms with van der Waals surface area (Å²) >= 11 is 0. The van der Waals surface area contributed by atoms with Gasteiger partial charge in [-0.05, 0) is 63.1 Å². The summed E-state index contributed by atoms with van der Waals surface area (Å²) < 4.78 is 38.4. The maximum absolute atomic E-state index is 12.8. The number of hydrogen-bond donors (Lipinski definition) is 2. The molecule has 0 aromatic heterocycles. The van der Waals surface area contributed by atoms with Crippen LogP contribution in [0.15, 0.2) is 35.9 Å². The number of rotatable bonds is 6. The molecule has 1 aromatic rings. The molecule has 1 fully saturated rings. The van der Waals surface area contributed by atoms with Crippen LogP contribution in [0.5, 0.6) is 0 Å². The van der Waals surface area contributed by atoms with Gasteiger partial charge < -0.3 is 10.6 Å². The fourth-order valence-corrected chi connectivity index (χ4v) is 3.34. The Bertz CT molecular complexity index is 752. The lowest BCUT2D eigenvalue weighted by Crippen LogP contribution is -2.40. The summed E-state index contributed by atoms with van der Waals surface area (Å²) in [6.45, 7) is 0.475. The second-order valence-corrected chi connectivity index (χ2v) is 7.23. The number of anilines is 1. The van der Waals surface area contributed by atoms with Crippen LogP contribution in [0.3, 0.4) is 0 Å². The van der Waals surface area contributed by atoms with Crippen LogP contribution in [0.25, 0.3) is 0 Å². The van der Waals surface area contributed by atoms with Crippen LogP contribution in [0.2, 0.25) is 0 Å². The molecule has 1 saturated carbocycles. The maximum atomic E-state index is 12.8. The van der Waals surface area contributed by atoms with Gasteiger partial charge in [0.2, 0.25) is 11.8 Å².